The summed E-state index contributed by atoms with van der Waals surface area (Å²) >= 11 is 0. The number of fused-ring (bicyclic) bond motifs is 1. The first-order chi connectivity index (χ1) is 11.5. The zero-order valence-electron chi connectivity index (χ0n) is 13.1. The molecule has 0 bridgehead atoms. The Hall–Kier alpha value is -2.00. The fraction of sp³-hybridized carbons (Fsp3) is 0.533. The third-order valence-electron chi connectivity index (χ3n) is 4.30. The molecule has 0 aromatic heterocycles. The second-order valence-corrected chi connectivity index (χ2v) is 7.63. The van der Waals surface area contributed by atoms with Gasteiger partial charge in [0.05, 0.1) is 31.6 Å². The van der Waals surface area contributed by atoms with Crippen molar-refractivity contribution in [1.29, 1.82) is 0 Å². The standard InChI is InChI=1S/C15H18N2O6S/c1-21-13-7-12-11(6-14(13)23-10-4-5-22-8-10)15(18)16-24(19,20)17(12)9-2-3-9/h6-7,9-10H,2-5,8H2,1H3,(H,16,18)/t10-/m0/s1. The van der Waals surface area contributed by atoms with Crippen molar-refractivity contribution in [3.05, 3.63) is 17.7 Å². The lowest BCUT2D eigenvalue weighted by Gasteiger charge is -2.31. The van der Waals surface area contributed by atoms with E-state index in [2.05, 4.69) is 4.72 Å². The number of hydrogen-bond donors (Lipinski definition) is 1. The summed E-state index contributed by atoms with van der Waals surface area (Å²) in [6.45, 7) is 1.11. The van der Waals surface area contributed by atoms with Crippen molar-refractivity contribution < 1.29 is 27.4 Å². The van der Waals surface area contributed by atoms with Crippen LogP contribution in [0.3, 0.4) is 0 Å². The Balaban J connectivity index is 1.78. The van der Waals surface area contributed by atoms with E-state index in [0.717, 1.165) is 19.3 Å². The van der Waals surface area contributed by atoms with Crippen LogP contribution < -0.4 is 18.5 Å². The van der Waals surface area contributed by atoms with Gasteiger partial charge in [-0.3, -0.25) is 4.79 Å². The van der Waals surface area contributed by atoms with E-state index < -0.39 is 16.1 Å². The second kappa shape index (κ2) is 5.52. The molecule has 1 N–H and O–H groups in total. The van der Waals surface area contributed by atoms with E-state index >= 15 is 0 Å². The third kappa shape index (κ3) is 2.57. The Morgan fingerprint density at radius 3 is 2.67 bits per heavy atom. The fourth-order valence-electron chi connectivity index (χ4n) is 3.00. The molecule has 4 rings (SSSR count). The average Bonchev–Trinajstić information content (AvgIpc) is 3.22. The van der Waals surface area contributed by atoms with Crippen molar-refractivity contribution in [1.82, 2.24) is 4.72 Å². The van der Waals surface area contributed by atoms with E-state index in [0.29, 0.717) is 30.4 Å². The molecule has 1 aromatic carbocycles. The van der Waals surface area contributed by atoms with E-state index in [4.69, 9.17) is 14.2 Å². The summed E-state index contributed by atoms with van der Waals surface area (Å²) in [5, 5.41) is 0. The van der Waals surface area contributed by atoms with Gasteiger partial charge in [0.15, 0.2) is 11.5 Å². The number of benzene rings is 1. The molecule has 0 unspecified atom stereocenters. The van der Waals surface area contributed by atoms with Crippen molar-refractivity contribution >= 4 is 21.8 Å². The van der Waals surface area contributed by atoms with Gasteiger partial charge < -0.3 is 14.2 Å². The molecule has 2 heterocycles. The number of anilines is 1. The van der Waals surface area contributed by atoms with Crippen LogP contribution in [-0.4, -0.2) is 46.8 Å². The van der Waals surface area contributed by atoms with Gasteiger partial charge in [-0.05, 0) is 18.9 Å². The highest BCUT2D eigenvalue weighted by molar-refractivity contribution is 7.91. The summed E-state index contributed by atoms with van der Waals surface area (Å²) in [5.41, 5.74) is 0.611. The largest absolute Gasteiger partial charge is 0.493 e. The lowest BCUT2D eigenvalue weighted by molar-refractivity contribution is 0.0978. The molecule has 24 heavy (non-hydrogen) atoms. The molecule has 1 amide bonds. The number of carbonyl (C=O) groups is 1. The predicted octanol–water partition coefficient (Wildman–Crippen LogP) is 0.820. The Kier molecular flexibility index (Phi) is 3.57. The number of amides is 1. The molecule has 9 heteroatoms. The summed E-state index contributed by atoms with van der Waals surface area (Å²) in [4.78, 5) is 12.2. The Morgan fingerprint density at radius 1 is 1.25 bits per heavy atom. The Morgan fingerprint density at radius 2 is 2.04 bits per heavy atom. The Bertz CT molecular complexity index is 783. The summed E-state index contributed by atoms with van der Waals surface area (Å²) in [5.74, 6) is 0.158. The third-order valence-corrected chi connectivity index (χ3v) is 5.76. The van der Waals surface area contributed by atoms with Crippen molar-refractivity contribution in [3.63, 3.8) is 0 Å². The zero-order valence-corrected chi connectivity index (χ0v) is 14.0. The normalized spacial score (nSPS) is 25.1. The van der Waals surface area contributed by atoms with E-state index in [1.54, 1.807) is 12.1 Å². The smallest absolute Gasteiger partial charge is 0.326 e. The number of hydrogen-bond acceptors (Lipinski definition) is 6. The van der Waals surface area contributed by atoms with Gasteiger partial charge in [0.2, 0.25) is 0 Å². The summed E-state index contributed by atoms with van der Waals surface area (Å²) in [6.07, 6.45) is 2.20. The number of nitrogens with zero attached hydrogens (tertiary/aromatic N) is 1. The molecule has 0 spiro atoms. The molecule has 1 aliphatic carbocycles. The zero-order chi connectivity index (χ0) is 16.9. The van der Waals surface area contributed by atoms with Crippen LogP contribution in [0.25, 0.3) is 0 Å². The number of rotatable bonds is 4. The van der Waals surface area contributed by atoms with Gasteiger partial charge in [0.1, 0.15) is 6.10 Å². The molecule has 8 nitrogen and oxygen atoms in total. The maximum absolute atomic E-state index is 12.3. The Labute approximate surface area is 139 Å². The average molecular weight is 354 g/mol. The van der Waals surface area contributed by atoms with Crippen LogP contribution in [0.15, 0.2) is 12.1 Å². The SMILES string of the molecule is COc1cc2c(cc1O[C@H]1CCOC1)C(=O)NS(=O)(=O)N2C1CC1. The molecule has 1 atom stereocenters. The lowest BCUT2D eigenvalue weighted by Crippen LogP contribution is -2.49. The van der Waals surface area contributed by atoms with Crippen LogP contribution in [0.5, 0.6) is 11.5 Å². The summed E-state index contributed by atoms with van der Waals surface area (Å²) in [6, 6.07) is 3.00. The highest BCUT2D eigenvalue weighted by atomic mass is 32.2. The molecule has 130 valence electrons. The van der Waals surface area contributed by atoms with Crippen LogP contribution in [-0.2, 0) is 14.9 Å². The van der Waals surface area contributed by atoms with E-state index in [1.807, 2.05) is 0 Å². The highest BCUT2D eigenvalue weighted by Gasteiger charge is 2.44. The van der Waals surface area contributed by atoms with Gasteiger partial charge in [-0.25, -0.2) is 9.03 Å². The van der Waals surface area contributed by atoms with Gasteiger partial charge in [-0.2, -0.15) is 8.42 Å². The first kappa shape index (κ1) is 15.5. The van der Waals surface area contributed by atoms with Crippen LogP contribution in [0, 0.1) is 0 Å². The first-order valence-electron chi connectivity index (χ1n) is 7.82. The molecule has 2 aliphatic heterocycles. The molecule has 2 fully saturated rings. The molecule has 1 saturated carbocycles. The summed E-state index contributed by atoms with van der Waals surface area (Å²) < 4.78 is 44.5. The quantitative estimate of drug-likeness (QED) is 0.860. The summed E-state index contributed by atoms with van der Waals surface area (Å²) in [7, 11) is -2.38. The van der Waals surface area contributed by atoms with Crippen molar-refractivity contribution in [2.75, 3.05) is 24.6 Å². The molecule has 3 aliphatic rings. The van der Waals surface area contributed by atoms with E-state index in [1.165, 1.54) is 11.4 Å². The second-order valence-electron chi connectivity index (χ2n) is 6.09. The number of carbonyl (C=O) groups excluding carboxylic acids is 1. The molecule has 1 aromatic rings. The van der Waals surface area contributed by atoms with Crippen LogP contribution in [0.1, 0.15) is 29.6 Å². The molecule has 0 radical (unpaired) electrons. The lowest BCUT2D eigenvalue weighted by atomic mass is 10.1. The van der Waals surface area contributed by atoms with Gasteiger partial charge in [0.25, 0.3) is 5.91 Å². The van der Waals surface area contributed by atoms with Crippen LogP contribution in [0.2, 0.25) is 0 Å². The maximum Gasteiger partial charge on any atom is 0.326 e. The molecule has 1 saturated heterocycles. The topological polar surface area (TPSA) is 94.2 Å². The predicted molar refractivity (Wildman–Crippen MR) is 84.7 cm³/mol. The minimum Gasteiger partial charge on any atom is -0.493 e. The molecular weight excluding hydrogens is 336 g/mol. The van der Waals surface area contributed by atoms with Crippen molar-refractivity contribution in [2.24, 2.45) is 0 Å². The van der Waals surface area contributed by atoms with Gasteiger partial charge >= 0.3 is 10.2 Å². The minimum atomic E-state index is -3.87. The first-order valence-corrected chi connectivity index (χ1v) is 9.26. The molecular formula is C15H18N2O6S. The highest BCUT2D eigenvalue weighted by Crippen LogP contribution is 2.43. The van der Waals surface area contributed by atoms with Crippen LogP contribution in [0.4, 0.5) is 5.69 Å². The van der Waals surface area contributed by atoms with Gasteiger partial charge in [-0.1, -0.05) is 0 Å². The van der Waals surface area contributed by atoms with Gasteiger partial charge in [0, 0.05) is 18.5 Å². The minimum absolute atomic E-state index is 0.105. The number of methoxy groups -OCH3 is 1. The van der Waals surface area contributed by atoms with E-state index in [9.17, 15) is 13.2 Å². The van der Waals surface area contributed by atoms with Crippen molar-refractivity contribution in [2.45, 2.75) is 31.4 Å². The fourth-order valence-corrected chi connectivity index (χ4v) is 4.46. The monoisotopic (exact) mass is 354 g/mol. The number of nitrogens with one attached hydrogen (secondary N) is 1. The number of ether oxygens (including phenoxy) is 3. The van der Waals surface area contributed by atoms with Gasteiger partial charge in [-0.15, -0.1) is 0 Å². The maximum atomic E-state index is 12.3. The van der Waals surface area contributed by atoms with Crippen LogP contribution >= 0.6 is 0 Å². The van der Waals surface area contributed by atoms with Crippen molar-refractivity contribution in [3.8, 4) is 11.5 Å². The van der Waals surface area contributed by atoms with E-state index in [-0.39, 0.29) is 17.7 Å².